The Morgan fingerprint density at radius 2 is 1.73 bits per heavy atom. The number of carboxylic acid groups (broad SMARTS) is 1. The fraction of sp³-hybridized carbons (Fsp3) is 0.300. The van der Waals surface area contributed by atoms with Gasteiger partial charge in [0.05, 0.1) is 11.6 Å². The second-order valence-electron chi connectivity index (χ2n) is 7.18. The van der Waals surface area contributed by atoms with Crippen LogP contribution in [0.5, 0.6) is 5.75 Å². The zero-order valence-electron chi connectivity index (χ0n) is 14.9. The van der Waals surface area contributed by atoms with Crippen LogP contribution in [0, 0.1) is 5.82 Å². The third-order valence-corrected chi connectivity index (χ3v) is 4.10. The van der Waals surface area contributed by atoms with Gasteiger partial charge in [-0.15, -0.1) is 0 Å². The lowest BCUT2D eigenvalue weighted by Gasteiger charge is -2.20. The number of phenolic OH excluding ortho intramolecular Hbond substituents is 1. The predicted molar refractivity (Wildman–Crippen MR) is 96.8 cm³/mol. The number of rotatable bonds is 5. The highest BCUT2D eigenvalue weighted by atomic mass is 19.1. The van der Waals surface area contributed by atoms with E-state index in [0.29, 0.717) is 5.56 Å². The first-order valence-electron chi connectivity index (χ1n) is 8.19. The number of benzene rings is 2. The highest BCUT2D eigenvalue weighted by molar-refractivity contribution is 5.95. The van der Waals surface area contributed by atoms with Crippen molar-refractivity contribution in [3.63, 3.8) is 0 Å². The van der Waals surface area contributed by atoms with Gasteiger partial charge < -0.3 is 15.5 Å². The van der Waals surface area contributed by atoms with E-state index in [1.54, 1.807) is 12.1 Å². The molecule has 1 amide bonds. The van der Waals surface area contributed by atoms with Gasteiger partial charge in [0, 0.05) is 6.42 Å². The molecule has 0 spiro atoms. The maximum absolute atomic E-state index is 13.0. The summed E-state index contributed by atoms with van der Waals surface area (Å²) in [7, 11) is 0. The quantitative estimate of drug-likeness (QED) is 0.704. The number of hydrogen-bond acceptors (Lipinski definition) is 3. The molecule has 0 aliphatic heterocycles. The molecule has 2 rings (SSSR count). The van der Waals surface area contributed by atoms with Crippen LogP contribution in [0.1, 0.15) is 44.2 Å². The van der Waals surface area contributed by atoms with E-state index < -0.39 is 23.6 Å². The molecular weight excluding hydrogens is 337 g/mol. The third-order valence-electron chi connectivity index (χ3n) is 4.10. The standard InChI is InChI=1S/C20H22FNO4/c1-20(2,3)13-6-9-17(23)16(10-13)22-18(24)11-15(19(25)26)12-4-7-14(21)8-5-12/h4-10,15,23H,11H2,1-3H3,(H,22,24)(H,25,26). The molecule has 6 heteroatoms. The van der Waals surface area contributed by atoms with Crippen LogP contribution in [0.15, 0.2) is 42.5 Å². The van der Waals surface area contributed by atoms with Crippen molar-refractivity contribution >= 4 is 17.6 Å². The van der Waals surface area contributed by atoms with Gasteiger partial charge in [0.1, 0.15) is 11.6 Å². The number of amides is 1. The van der Waals surface area contributed by atoms with Gasteiger partial charge in [0.25, 0.3) is 0 Å². The summed E-state index contributed by atoms with van der Waals surface area (Å²) in [6.45, 7) is 6.00. The molecule has 5 nitrogen and oxygen atoms in total. The minimum absolute atomic E-state index is 0.0972. The Kier molecular flexibility index (Phi) is 5.65. The summed E-state index contributed by atoms with van der Waals surface area (Å²) in [5.74, 6) is -3.42. The Balaban J connectivity index is 2.18. The highest BCUT2D eigenvalue weighted by Gasteiger charge is 2.24. The van der Waals surface area contributed by atoms with Gasteiger partial charge in [-0.3, -0.25) is 9.59 Å². The molecule has 2 aromatic rings. The van der Waals surface area contributed by atoms with Gasteiger partial charge in [-0.2, -0.15) is 0 Å². The molecule has 0 saturated carbocycles. The van der Waals surface area contributed by atoms with Crippen molar-refractivity contribution in [2.24, 2.45) is 0 Å². The zero-order chi connectivity index (χ0) is 19.5. The summed E-state index contributed by atoms with van der Waals surface area (Å²) in [5.41, 5.74) is 1.30. The molecule has 0 radical (unpaired) electrons. The van der Waals surface area contributed by atoms with E-state index in [1.165, 1.54) is 18.2 Å². The molecule has 138 valence electrons. The Morgan fingerprint density at radius 1 is 1.12 bits per heavy atom. The normalized spacial score (nSPS) is 12.5. The first-order chi connectivity index (χ1) is 12.1. The predicted octanol–water partition coefficient (Wildman–Crippen LogP) is 4.03. The largest absolute Gasteiger partial charge is 0.506 e. The molecule has 0 aromatic heterocycles. The molecule has 0 saturated heterocycles. The lowest BCUT2D eigenvalue weighted by atomic mass is 9.87. The molecule has 0 fully saturated rings. The number of phenols is 1. The van der Waals surface area contributed by atoms with Gasteiger partial charge in [0.2, 0.25) is 5.91 Å². The van der Waals surface area contributed by atoms with Crippen LogP contribution in [0.4, 0.5) is 10.1 Å². The first-order valence-corrected chi connectivity index (χ1v) is 8.19. The van der Waals surface area contributed by atoms with Crippen molar-refractivity contribution in [3.8, 4) is 5.75 Å². The van der Waals surface area contributed by atoms with Crippen molar-refractivity contribution in [1.82, 2.24) is 0 Å². The lowest BCUT2D eigenvalue weighted by molar-refractivity contribution is -0.140. The minimum atomic E-state index is -1.18. The van der Waals surface area contributed by atoms with Gasteiger partial charge in [-0.25, -0.2) is 4.39 Å². The van der Waals surface area contributed by atoms with Crippen LogP contribution >= 0.6 is 0 Å². The van der Waals surface area contributed by atoms with E-state index in [9.17, 15) is 24.2 Å². The molecule has 0 aliphatic carbocycles. The molecule has 1 unspecified atom stereocenters. The van der Waals surface area contributed by atoms with E-state index in [4.69, 9.17) is 0 Å². The Bertz CT molecular complexity index is 810. The lowest BCUT2D eigenvalue weighted by Crippen LogP contribution is -2.21. The summed E-state index contributed by atoms with van der Waals surface area (Å²) in [5, 5.41) is 21.9. The van der Waals surface area contributed by atoms with Crippen molar-refractivity contribution in [3.05, 3.63) is 59.4 Å². The smallest absolute Gasteiger partial charge is 0.311 e. The Morgan fingerprint density at radius 3 is 2.27 bits per heavy atom. The number of anilines is 1. The number of hydrogen-bond donors (Lipinski definition) is 3. The SMILES string of the molecule is CC(C)(C)c1ccc(O)c(NC(=O)CC(C(=O)O)c2ccc(F)cc2)c1. The summed E-state index contributed by atoms with van der Waals surface area (Å²) in [6.07, 6.45) is -0.333. The minimum Gasteiger partial charge on any atom is -0.506 e. The molecule has 2 aromatic carbocycles. The first kappa shape index (κ1) is 19.4. The van der Waals surface area contributed by atoms with Crippen molar-refractivity contribution in [2.75, 3.05) is 5.32 Å². The van der Waals surface area contributed by atoms with Crippen LogP contribution in [0.2, 0.25) is 0 Å². The van der Waals surface area contributed by atoms with Crippen LogP contribution in [0.25, 0.3) is 0 Å². The average Bonchev–Trinajstić information content (AvgIpc) is 2.54. The van der Waals surface area contributed by atoms with Crippen LogP contribution in [0.3, 0.4) is 0 Å². The second kappa shape index (κ2) is 7.56. The van der Waals surface area contributed by atoms with Crippen molar-refractivity contribution in [2.45, 2.75) is 38.5 Å². The van der Waals surface area contributed by atoms with Crippen molar-refractivity contribution < 1.29 is 24.2 Å². The summed E-state index contributed by atoms with van der Waals surface area (Å²) in [4.78, 5) is 23.8. The number of nitrogens with one attached hydrogen (secondary N) is 1. The Labute approximate surface area is 151 Å². The summed E-state index contributed by atoms with van der Waals surface area (Å²) >= 11 is 0. The molecule has 0 heterocycles. The topological polar surface area (TPSA) is 86.6 Å². The van der Waals surface area contributed by atoms with E-state index in [0.717, 1.165) is 17.7 Å². The fourth-order valence-electron chi connectivity index (χ4n) is 2.53. The highest BCUT2D eigenvalue weighted by Crippen LogP contribution is 2.31. The molecule has 1 atom stereocenters. The summed E-state index contributed by atoms with van der Waals surface area (Å²) < 4.78 is 13.0. The number of aliphatic carboxylic acids is 1. The second-order valence-corrected chi connectivity index (χ2v) is 7.18. The van der Waals surface area contributed by atoms with Crippen LogP contribution in [-0.2, 0) is 15.0 Å². The van der Waals surface area contributed by atoms with E-state index in [2.05, 4.69) is 5.32 Å². The number of carbonyl (C=O) groups is 2. The van der Waals surface area contributed by atoms with E-state index >= 15 is 0 Å². The van der Waals surface area contributed by atoms with Gasteiger partial charge in [-0.1, -0.05) is 39.0 Å². The zero-order valence-corrected chi connectivity index (χ0v) is 14.9. The monoisotopic (exact) mass is 359 g/mol. The molecule has 0 bridgehead atoms. The van der Waals surface area contributed by atoms with Crippen LogP contribution < -0.4 is 5.32 Å². The van der Waals surface area contributed by atoms with Crippen molar-refractivity contribution in [1.29, 1.82) is 0 Å². The van der Waals surface area contributed by atoms with Gasteiger partial charge in [-0.05, 0) is 40.8 Å². The van der Waals surface area contributed by atoms with E-state index in [1.807, 2.05) is 20.8 Å². The van der Waals surface area contributed by atoms with Gasteiger partial charge in [0.15, 0.2) is 0 Å². The average molecular weight is 359 g/mol. The molecule has 26 heavy (non-hydrogen) atoms. The Hall–Kier alpha value is -2.89. The fourth-order valence-corrected chi connectivity index (χ4v) is 2.53. The number of halogens is 1. The van der Waals surface area contributed by atoms with E-state index in [-0.39, 0.29) is 23.3 Å². The third kappa shape index (κ3) is 4.81. The number of carbonyl (C=O) groups excluding carboxylic acids is 1. The molecule has 0 aliphatic rings. The molecule has 3 N–H and O–H groups in total. The summed E-state index contributed by atoms with van der Waals surface area (Å²) in [6, 6.07) is 9.93. The number of carboxylic acids is 1. The van der Waals surface area contributed by atoms with Gasteiger partial charge >= 0.3 is 5.97 Å². The maximum atomic E-state index is 13.0. The molecular formula is C20H22FNO4. The number of aromatic hydroxyl groups is 1. The maximum Gasteiger partial charge on any atom is 0.311 e. The van der Waals surface area contributed by atoms with Crippen LogP contribution in [-0.4, -0.2) is 22.1 Å².